The highest BCUT2D eigenvalue weighted by Crippen LogP contribution is 2.42. The molecule has 48 heavy (non-hydrogen) atoms. The Balaban J connectivity index is 1.77. The number of rotatable bonds is 9. The molecule has 0 saturated heterocycles. The van der Waals surface area contributed by atoms with E-state index in [1.165, 1.54) is 16.8 Å². The maximum atomic E-state index is 14.0. The number of carbonyl (C=O) groups excluding carboxylic acids is 1. The molecule has 0 amide bonds. The molecule has 0 aliphatic rings. The fourth-order valence-electron chi connectivity index (χ4n) is 5.41. The summed E-state index contributed by atoms with van der Waals surface area (Å²) >= 11 is 6.37. The van der Waals surface area contributed by atoms with Crippen LogP contribution in [0.4, 0.5) is 26.3 Å². The van der Waals surface area contributed by atoms with Crippen LogP contribution in [0.2, 0.25) is 24.7 Å². The van der Waals surface area contributed by atoms with Crippen LogP contribution in [0, 0.1) is 0 Å². The van der Waals surface area contributed by atoms with Crippen LogP contribution in [0.15, 0.2) is 77.3 Å². The number of hydrogen-bond donors (Lipinski definition) is 0. The number of ketones is 1. The minimum Gasteiger partial charge on any atom is -0.407 e. The molecule has 0 unspecified atom stereocenters. The van der Waals surface area contributed by atoms with Gasteiger partial charge in [-0.3, -0.25) is 4.79 Å². The highest BCUT2D eigenvalue weighted by Gasteiger charge is 2.40. The summed E-state index contributed by atoms with van der Waals surface area (Å²) in [6.45, 7) is 8.82. The van der Waals surface area contributed by atoms with Gasteiger partial charge in [0.15, 0.2) is 8.32 Å². The normalized spacial score (nSPS) is 12.8. The number of halogens is 7. The van der Waals surface area contributed by atoms with Crippen LogP contribution in [-0.4, -0.2) is 34.3 Å². The molecule has 252 valence electrons. The van der Waals surface area contributed by atoms with Gasteiger partial charge >= 0.3 is 12.4 Å². The Bertz CT molecular complexity index is 1930. The molecule has 0 bridgehead atoms. The Labute approximate surface area is 277 Å². The Hall–Kier alpha value is -4.27. The van der Waals surface area contributed by atoms with Crippen molar-refractivity contribution in [2.45, 2.75) is 58.0 Å². The van der Waals surface area contributed by atoms with E-state index < -0.39 is 49.7 Å². The van der Waals surface area contributed by atoms with Crippen LogP contribution in [0.3, 0.4) is 0 Å². The lowest BCUT2D eigenvalue weighted by atomic mass is 9.93. The van der Waals surface area contributed by atoms with E-state index in [2.05, 4.69) is 15.5 Å². The van der Waals surface area contributed by atoms with Crippen molar-refractivity contribution in [2.75, 3.05) is 0 Å². The molecule has 2 heterocycles. The highest BCUT2D eigenvalue weighted by molar-refractivity contribution is 6.69. The van der Waals surface area contributed by atoms with Crippen molar-refractivity contribution < 1.29 is 40.1 Å². The second-order valence-electron chi connectivity index (χ2n) is 12.5. The summed E-state index contributed by atoms with van der Waals surface area (Å²) in [6, 6.07) is 16.0. The largest absolute Gasteiger partial charge is 0.416 e. The van der Waals surface area contributed by atoms with Gasteiger partial charge in [-0.15, -0.1) is 5.10 Å². The van der Waals surface area contributed by atoms with E-state index in [1.54, 1.807) is 56.3 Å². The maximum absolute atomic E-state index is 14.0. The molecule has 3 aromatic carbocycles. The quantitative estimate of drug-likeness (QED) is 0.0863. The van der Waals surface area contributed by atoms with E-state index in [4.69, 9.17) is 20.6 Å². The first kappa shape index (κ1) is 35.0. The molecule has 7 nitrogen and oxygen atoms in total. The minimum atomic E-state index is -5.04. The van der Waals surface area contributed by atoms with Crippen molar-refractivity contribution >= 4 is 25.7 Å². The summed E-state index contributed by atoms with van der Waals surface area (Å²) in [6.07, 6.45) is -10.1. The van der Waals surface area contributed by atoms with Gasteiger partial charge in [-0.2, -0.15) is 26.3 Å². The minimum absolute atomic E-state index is 0.0446. The lowest BCUT2D eigenvalue weighted by Gasteiger charge is -2.32. The van der Waals surface area contributed by atoms with E-state index in [-0.39, 0.29) is 50.6 Å². The first-order valence-electron chi connectivity index (χ1n) is 14.5. The molecule has 0 spiro atoms. The number of aromatic nitrogens is 4. The fraction of sp³-hybridized carbons (Fsp3) is 0.273. The third kappa shape index (κ3) is 7.40. The monoisotopic (exact) mass is 706 g/mol. The Morgan fingerprint density at radius 2 is 1.48 bits per heavy atom. The molecular weight excluding hydrogens is 678 g/mol. The topological polar surface area (TPSA) is 83.0 Å². The van der Waals surface area contributed by atoms with Crippen molar-refractivity contribution in [3.63, 3.8) is 0 Å². The van der Waals surface area contributed by atoms with E-state index in [0.29, 0.717) is 17.7 Å². The second-order valence-corrected chi connectivity index (χ2v) is 17.3. The van der Waals surface area contributed by atoms with Crippen molar-refractivity contribution in [1.82, 2.24) is 20.2 Å². The van der Waals surface area contributed by atoms with Crippen molar-refractivity contribution in [2.24, 2.45) is 0 Å². The highest BCUT2D eigenvalue weighted by atomic mass is 35.5. The van der Waals surface area contributed by atoms with Gasteiger partial charge in [-0.25, -0.2) is 4.68 Å². The number of alkyl halides is 6. The lowest BCUT2D eigenvalue weighted by molar-refractivity contribution is -0.143. The van der Waals surface area contributed by atoms with Crippen LogP contribution in [0.5, 0.6) is 0 Å². The molecule has 0 N–H and O–H groups in total. The van der Waals surface area contributed by atoms with Gasteiger partial charge in [-0.05, 0) is 69.4 Å². The molecule has 15 heteroatoms. The summed E-state index contributed by atoms with van der Waals surface area (Å²) < 4.78 is 95.5. The summed E-state index contributed by atoms with van der Waals surface area (Å²) in [5, 5.41) is 12.9. The first-order chi connectivity index (χ1) is 22.3. The predicted octanol–water partition coefficient (Wildman–Crippen LogP) is 9.66. The van der Waals surface area contributed by atoms with Gasteiger partial charge < -0.3 is 8.95 Å². The van der Waals surface area contributed by atoms with Gasteiger partial charge in [-0.1, -0.05) is 64.4 Å². The van der Waals surface area contributed by atoms with Gasteiger partial charge in [0.25, 0.3) is 0 Å². The molecule has 0 radical (unpaired) electrons. The smallest absolute Gasteiger partial charge is 0.407 e. The molecule has 5 rings (SSSR count). The van der Waals surface area contributed by atoms with Crippen LogP contribution < -0.4 is 0 Å². The number of nitrogens with zero attached hydrogens (tertiary/aromatic N) is 4. The molecule has 5 aromatic rings. The molecule has 0 saturated carbocycles. The van der Waals surface area contributed by atoms with Crippen LogP contribution in [0.25, 0.3) is 22.5 Å². The van der Waals surface area contributed by atoms with E-state index in [0.717, 1.165) is 0 Å². The average Bonchev–Trinajstić information content (AvgIpc) is 3.60. The Morgan fingerprint density at radius 3 is 2.04 bits per heavy atom. The van der Waals surface area contributed by atoms with Crippen molar-refractivity contribution in [3.05, 3.63) is 112 Å². The summed E-state index contributed by atoms with van der Waals surface area (Å²) in [5.74, 6) is -0.896. The molecule has 0 fully saturated rings. The molecule has 0 aliphatic carbocycles. The summed E-state index contributed by atoms with van der Waals surface area (Å²) in [4.78, 5) is 14.0. The number of hydrogen-bond acceptors (Lipinski definition) is 6. The van der Waals surface area contributed by atoms with E-state index in [1.807, 2.05) is 19.6 Å². The lowest BCUT2D eigenvalue weighted by Crippen LogP contribution is -2.37. The average molecular weight is 707 g/mol. The maximum Gasteiger partial charge on any atom is 0.416 e. The second kappa shape index (κ2) is 12.6. The SMILES string of the molecule is CC(C)(O[Si](C)(C)C)c1noc(C(=O)c2ccccc2Cl)c1-c1nnn(Cc2cc(C(F)(F)F)cc(C(F)(F)F)c2)c1-c1ccccc1. The Kier molecular flexibility index (Phi) is 9.23. The standard InChI is InChI=1S/C33H29ClF6N4O3Si/c1-31(2,47-48(3,4)5)30-25(29(46-42-30)28(45)23-13-9-10-14-24(23)34)26-27(20-11-7-6-8-12-20)44(43-41-26)18-19-15-21(32(35,36)37)17-22(16-19)33(38,39)40/h6-17H,18H2,1-5H3. The molecule has 2 aromatic heterocycles. The third-order valence-corrected chi connectivity index (χ3v) is 8.60. The Morgan fingerprint density at radius 1 is 0.896 bits per heavy atom. The predicted molar refractivity (Wildman–Crippen MR) is 169 cm³/mol. The van der Waals surface area contributed by atoms with E-state index >= 15 is 0 Å². The van der Waals surface area contributed by atoms with Crippen LogP contribution in [0.1, 0.15) is 52.3 Å². The van der Waals surface area contributed by atoms with Gasteiger partial charge in [0, 0.05) is 11.1 Å². The third-order valence-electron chi connectivity index (χ3n) is 7.15. The number of carbonyl (C=O) groups is 1. The van der Waals surface area contributed by atoms with Crippen LogP contribution in [-0.2, 0) is 28.9 Å². The van der Waals surface area contributed by atoms with Gasteiger partial charge in [0.05, 0.1) is 39.6 Å². The van der Waals surface area contributed by atoms with Gasteiger partial charge in [0.1, 0.15) is 11.4 Å². The summed E-state index contributed by atoms with van der Waals surface area (Å²) in [5.41, 5.74) is -3.35. The fourth-order valence-corrected chi connectivity index (χ4v) is 7.26. The van der Waals surface area contributed by atoms with Crippen molar-refractivity contribution in [1.29, 1.82) is 0 Å². The van der Waals surface area contributed by atoms with Gasteiger partial charge in [0.2, 0.25) is 11.5 Å². The first-order valence-corrected chi connectivity index (χ1v) is 18.3. The zero-order valence-corrected chi connectivity index (χ0v) is 28.1. The van der Waals surface area contributed by atoms with Crippen LogP contribution >= 0.6 is 11.6 Å². The van der Waals surface area contributed by atoms with Crippen molar-refractivity contribution in [3.8, 4) is 22.5 Å². The summed E-state index contributed by atoms with van der Waals surface area (Å²) in [7, 11) is -2.27. The molecular formula is C33H29ClF6N4O3Si. The number of benzene rings is 3. The van der Waals surface area contributed by atoms with E-state index in [9.17, 15) is 31.1 Å². The molecule has 0 atom stereocenters. The zero-order valence-electron chi connectivity index (χ0n) is 26.3. The molecule has 0 aliphatic heterocycles. The zero-order chi connectivity index (χ0) is 35.2.